The molecule has 0 aliphatic carbocycles. The Kier molecular flexibility index (Phi) is 6.60. The number of carboxylic acids is 1. The van der Waals surface area contributed by atoms with Gasteiger partial charge in [0.2, 0.25) is 5.91 Å². The van der Waals surface area contributed by atoms with Crippen LogP contribution in [0.2, 0.25) is 0 Å². The third kappa shape index (κ3) is 4.09. The van der Waals surface area contributed by atoms with Crippen LogP contribution in [-0.2, 0) is 9.59 Å². The topological polar surface area (TPSA) is 57.6 Å². The fourth-order valence-electron chi connectivity index (χ4n) is 2.73. The number of rotatable bonds is 7. The molecule has 1 atom stereocenters. The van der Waals surface area contributed by atoms with Crippen LogP contribution in [0.4, 0.5) is 5.69 Å². The molecule has 0 aliphatic heterocycles. The lowest BCUT2D eigenvalue weighted by molar-refractivity contribution is -0.140. The van der Waals surface area contributed by atoms with Crippen LogP contribution in [0.3, 0.4) is 0 Å². The van der Waals surface area contributed by atoms with Gasteiger partial charge in [-0.25, -0.2) is 0 Å². The molecule has 1 amide bonds. The zero-order valence-corrected chi connectivity index (χ0v) is 14.2. The number of hydrogen-bond acceptors (Lipinski definition) is 2. The maximum Gasteiger partial charge on any atom is 0.308 e. The Bertz CT molecular complexity index is 515. The molecule has 1 unspecified atom stereocenters. The molecule has 1 N–H and O–H groups in total. The summed E-state index contributed by atoms with van der Waals surface area (Å²) in [7, 11) is 0. The summed E-state index contributed by atoms with van der Waals surface area (Å²) >= 11 is 0. The van der Waals surface area contributed by atoms with E-state index in [2.05, 4.69) is 0 Å². The third-order valence-corrected chi connectivity index (χ3v) is 4.19. The van der Waals surface area contributed by atoms with Crippen LogP contribution in [0, 0.1) is 25.7 Å². The van der Waals surface area contributed by atoms with Crippen LogP contribution >= 0.6 is 0 Å². The highest BCUT2D eigenvalue weighted by molar-refractivity contribution is 5.97. The Morgan fingerprint density at radius 1 is 1.14 bits per heavy atom. The molecule has 1 aromatic rings. The lowest BCUT2D eigenvalue weighted by Gasteiger charge is -2.30. The predicted octanol–water partition coefficient (Wildman–Crippen LogP) is 3.79. The van der Waals surface area contributed by atoms with Gasteiger partial charge in [-0.3, -0.25) is 9.59 Å². The molecule has 0 heterocycles. The minimum Gasteiger partial charge on any atom is -0.481 e. The van der Waals surface area contributed by atoms with Crippen LogP contribution in [0.1, 0.15) is 44.7 Å². The molecule has 22 heavy (non-hydrogen) atoms. The van der Waals surface area contributed by atoms with Crippen molar-refractivity contribution in [3.8, 4) is 0 Å². The minimum absolute atomic E-state index is 0.0236. The number of aryl methyl sites for hydroxylation is 2. The average molecular weight is 305 g/mol. The molecule has 0 bridgehead atoms. The molecule has 0 fully saturated rings. The smallest absolute Gasteiger partial charge is 0.308 e. The molecule has 1 rings (SSSR count). The maximum atomic E-state index is 12.9. The fourth-order valence-corrected chi connectivity index (χ4v) is 2.73. The molecule has 0 radical (unpaired) electrons. The molecular formula is C18H27NO3. The van der Waals surface area contributed by atoms with Crippen molar-refractivity contribution < 1.29 is 14.7 Å². The normalized spacial score (nSPS) is 12.3. The van der Waals surface area contributed by atoms with E-state index in [1.807, 2.05) is 45.9 Å². The Morgan fingerprint density at radius 3 is 2.05 bits per heavy atom. The van der Waals surface area contributed by atoms with Crippen LogP contribution < -0.4 is 4.90 Å². The van der Waals surface area contributed by atoms with Crippen LogP contribution in [0.5, 0.6) is 0 Å². The SMILES string of the molecule is CCC(CC)C(=O)N(CC(C)C(=O)O)c1c(C)cccc1C. The molecule has 0 saturated carbocycles. The largest absolute Gasteiger partial charge is 0.481 e. The molecule has 122 valence electrons. The van der Waals surface area contributed by atoms with E-state index in [1.165, 1.54) is 0 Å². The van der Waals surface area contributed by atoms with Crippen LogP contribution in [0.15, 0.2) is 18.2 Å². The van der Waals surface area contributed by atoms with Gasteiger partial charge in [0.15, 0.2) is 0 Å². The molecule has 0 aromatic heterocycles. The average Bonchev–Trinajstić information content (AvgIpc) is 2.46. The number of carbonyl (C=O) groups excluding carboxylic acids is 1. The van der Waals surface area contributed by atoms with E-state index in [0.717, 1.165) is 29.7 Å². The number of para-hydroxylation sites is 1. The van der Waals surface area contributed by atoms with Gasteiger partial charge in [0.1, 0.15) is 0 Å². The van der Waals surface area contributed by atoms with Crippen molar-refractivity contribution in [2.45, 2.75) is 47.5 Å². The van der Waals surface area contributed by atoms with E-state index in [0.29, 0.717) is 0 Å². The minimum atomic E-state index is -0.881. The Hall–Kier alpha value is -1.84. The highest BCUT2D eigenvalue weighted by Crippen LogP contribution is 2.28. The van der Waals surface area contributed by atoms with Gasteiger partial charge < -0.3 is 10.0 Å². The number of amides is 1. The van der Waals surface area contributed by atoms with Crippen molar-refractivity contribution in [1.82, 2.24) is 0 Å². The van der Waals surface area contributed by atoms with Gasteiger partial charge in [-0.1, -0.05) is 39.0 Å². The van der Waals surface area contributed by atoms with E-state index in [4.69, 9.17) is 0 Å². The molecular weight excluding hydrogens is 278 g/mol. The van der Waals surface area contributed by atoms with Gasteiger partial charge in [0.05, 0.1) is 5.92 Å². The maximum absolute atomic E-state index is 12.9. The van der Waals surface area contributed by atoms with E-state index < -0.39 is 11.9 Å². The number of carbonyl (C=O) groups is 2. The number of anilines is 1. The first-order valence-electron chi connectivity index (χ1n) is 7.93. The lowest BCUT2D eigenvalue weighted by atomic mass is 9.98. The summed E-state index contributed by atoms with van der Waals surface area (Å²) < 4.78 is 0. The van der Waals surface area contributed by atoms with Crippen molar-refractivity contribution >= 4 is 17.6 Å². The van der Waals surface area contributed by atoms with Gasteiger partial charge in [-0.15, -0.1) is 0 Å². The van der Waals surface area contributed by atoms with E-state index in [1.54, 1.807) is 11.8 Å². The van der Waals surface area contributed by atoms with E-state index in [9.17, 15) is 14.7 Å². The number of nitrogens with zero attached hydrogens (tertiary/aromatic N) is 1. The fraction of sp³-hybridized carbons (Fsp3) is 0.556. The highest BCUT2D eigenvalue weighted by atomic mass is 16.4. The quantitative estimate of drug-likeness (QED) is 0.833. The van der Waals surface area contributed by atoms with E-state index in [-0.39, 0.29) is 18.4 Å². The lowest BCUT2D eigenvalue weighted by Crippen LogP contribution is -2.41. The number of hydrogen-bond donors (Lipinski definition) is 1. The molecule has 4 heteroatoms. The summed E-state index contributed by atoms with van der Waals surface area (Å²) in [6.45, 7) is 9.76. The van der Waals surface area contributed by atoms with Crippen LogP contribution in [0.25, 0.3) is 0 Å². The molecule has 0 saturated heterocycles. The number of benzene rings is 1. The first-order chi connectivity index (χ1) is 10.3. The van der Waals surface area contributed by atoms with Gasteiger partial charge in [-0.2, -0.15) is 0 Å². The summed E-state index contributed by atoms with van der Waals surface area (Å²) in [5.74, 6) is -1.53. The predicted molar refractivity (Wildman–Crippen MR) is 89.1 cm³/mol. The summed E-state index contributed by atoms with van der Waals surface area (Å²) in [6.07, 6.45) is 1.52. The second kappa shape index (κ2) is 7.97. The summed E-state index contributed by atoms with van der Waals surface area (Å²) in [6, 6.07) is 5.87. The van der Waals surface area contributed by atoms with Gasteiger partial charge in [-0.05, 0) is 37.8 Å². The molecule has 1 aromatic carbocycles. The highest BCUT2D eigenvalue weighted by Gasteiger charge is 2.28. The summed E-state index contributed by atoms with van der Waals surface area (Å²) in [4.78, 5) is 25.8. The second-order valence-electron chi connectivity index (χ2n) is 5.94. The van der Waals surface area contributed by atoms with Gasteiger partial charge in [0.25, 0.3) is 0 Å². The zero-order valence-electron chi connectivity index (χ0n) is 14.2. The van der Waals surface area contributed by atoms with Crippen molar-refractivity contribution in [3.63, 3.8) is 0 Å². The first kappa shape index (κ1) is 18.2. The number of aliphatic carboxylic acids is 1. The Balaban J connectivity index is 3.27. The summed E-state index contributed by atoms with van der Waals surface area (Å²) in [5.41, 5.74) is 2.85. The molecule has 0 aliphatic rings. The summed E-state index contributed by atoms with van der Waals surface area (Å²) in [5, 5.41) is 9.21. The van der Waals surface area contributed by atoms with Crippen molar-refractivity contribution in [1.29, 1.82) is 0 Å². The van der Waals surface area contributed by atoms with Gasteiger partial charge >= 0.3 is 5.97 Å². The third-order valence-electron chi connectivity index (χ3n) is 4.19. The van der Waals surface area contributed by atoms with Crippen molar-refractivity contribution in [2.24, 2.45) is 11.8 Å². The van der Waals surface area contributed by atoms with Crippen LogP contribution in [-0.4, -0.2) is 23.5 Å². The standard InChI is InChI=1S/C18H27NO3/c1-6-15(7-2)17(20)19(11-14(5)18(21)22)16-12(3)9-8-10-13(16)4/h8-10,14-15H,6-7,11H2,1-5H3,(H,21,22). The Morgan fingerprint density at radius 2 is 1.64 bits per heavy atom. The zero-order chi connectivity index (χ0) is 16.9. The van der Waals surface area contributed by atoms with E-state index >= 15 is 0 Å². The number of carboxylic acid groups (broad SMARTS) is 1. The van der Waals surface area contributed by atoms with Crippen molar-refractivity contribution in [3.05, 3.63) is 29.3 Å². The Labute approximate surface area is 133 Å². The molecule has 0 spiro atoms. The second-order valence-corrected chi connectivity index (χ2v) is 5.94. The van der Waals surface area contributed by atoms with Gasteiger partial charge in [0, 0.05) is 18.2 Å². The monoisotopic (exact) mass is 305 g/mol. The molecule has 4 nitrogen and oxygen atoms in total. The van der Waals surface area contributed by atoms with Crippen molar-refractivity contribution in [2.75, 3.05) is 11.4 Å². The first-order valence-corrected chi connectivity index (χ1v) is 7.93.